The van der Waals surface area contributed by atoms with Crippen LogP contribution in [-0.4, -0.2) is 140 Å². The summed E-state index contributed by atoms with van der Waals surface area (Å²) in [6.45, 7) is 4.09. The second-order valence-electron chi connectivity index (χ2n) is 23.9. The molecule has 2 aliphatic heterocycles. The molecule has 2 aliphatic rings. The average Bonchev–Trinajstić information content (AvgIpc) is 1.63. The van der Waals surface area contributed by atoms with Crippen molar-refractivity contribution in [2.45, 2.75) is 26.3 Å². The molecule has 105 heavy (non-hydrogen) atoms. The van der Waals surface area contributed by atoms with Crippen LogP contribution >= 0.6 is 0 Å². The lowest BCUT2D eigenvalue weighted by Crippen LogP contribution is -2.35. The Bertz CT molecular complexity index is 5710. The van der Waals surface area contributed by atoms with Crippen LogP contribution in [0.4, 0.5) is 28.9 Å². The molecule has 0 spiro atoms. The summed E-state index contributed by atoms with van der Waals surface area (Å²) in [5, 5.41) is 9.75. The number of nitrogens with one attached hydrogen (secondary N) is 3. The molecule has 0 saturated heterocycles. The van der Waals surface area contributed by atoms with Gasteiger partial charge in [-0.25, -0.2) is 49.2 Å². The smallest absolute Gasteiger partial charge is 0.371 e. The molecule has 542 valence electrons. The number of anilines is 2. The standard InChI is InChI=1S/C37H33F2N5O7S.C33H27F2N5O5S.C4H6O3/c1-5-49-33(45)19-41-18-32-44-27-8-6-7-25(39)22(27)16-29(44)35-30(50-32)14-13-26(42-35)23-15-24-31(17-28(23)43(3)52(4,47)48)51-36(34(24)37(46)40-2)20-9-11-21(38)12-10-20;1-37-33(41)30-21-13-20(25(39(2)46(3,42)43)15-28(21)45-32(30)17-7-9-18(34)10-8-17)23-11-12-27-31(38-23)26-14-19-22(35)5-4-6-24(19)40(26)29(16-36)44-27;1-2-7-4(6)3-5/h6-17,32,41H,5,18-19H2,1-4H3,(H,40,46);4-15,29H,16,36H2,1-3H3,(H,37,41);3H,2H2,1H3. The van der Waals surface area contributed by atoms with Gasteiger partial charge in [0.2, 0.25) is 26.3 Å². The van der Waals surface area contributed by atoms with Gasteiger partial charge in [0.05, 0.1) is 95.1 Å². The highest BCUT2D eigenvalue weighted by Crippen LogP contribution is 2.48. The number of carbonyl (C=O) groups is 5. The first kappa shape index (κ1) is 72.8. The molecule has 14 rings (SSSR count). The Labute approximate surface area is 597 Å². The third-order valence-corrected chi connectivity index (χ3v) is 19.8. The fourth-order valence-electron chi connectivity index (χ4n) is 12.4. The summed E-state index contributed by atoms with van der Waals surface area (Å²) in [4.78, 5) is 67.7. The molecule has 6 aromatic heterocycles. The van der Waals surface area contributed by atoms with Crippen LogP contribution in [0, 0.1) is 23.3 Å². The molecule has 2 amide bonds. The Morgan fingerprint density at radius 3 is 1.40 bits per heavy atom. The largest absolute Gasteiger partial charge is 0.466 e. The highest BCUT2D eigenvalue weighted by molar-refractivity contribution is 7.92. The normalized spacial score (nSPS) is 13.5. The highest BCUT2D eigenvalue weighted by Gasteiger charge is 2.35. The quantitative estimate of drug-likeness (QED) is 0.0268. The Morgan fingerprint density at radius 1 is 0.581 bits per heavy atom. The minimum Gasteiger partial charge on any atom is -0.466 e. The zero-order valence-corrected chi connectivity index (χ0v) is 59.0. The summed E-state index contributed by atoms with van der Waals surface area (Å²) in [6.07, 6.45) is 0.961. The van der Waals surface area contributed by atoms with Gasteiger partial charge < -0.3 is 58.6 Å². The molecule has 5 N–H and O–H groups in total. The molecule has 2 unspecified atom stereocenters. The number of carbonyl (C=O) groups excluding carboxylic acids is 5. The van der Waals surface area contributed by atoms with E-state index >= 15 is 4.39 Å². The van der Waals surface area contributed by atoms with Gasteiger partial charge in [0.25, 0.3) is 11.8 Å². The van der Waals surface area contributed by atoms with E-state index in [4.69, 9.17) is 38.7 Å². The van der Waals surface area contributed by atoms with E-state index in [1.807, 2.05) is 0 Å². The summed E-state index contributed by atoms with van der Waals surface area (Å²) >= 11 is 0. The van der Waals surface area contributed by atoms with Gasteiger partial charge in [0.1, 0.15) is 68.8 Å². The molecular weight excluding hydrogens is 1410 g/mol. The summed E-state index contributed by atoms with van der Waals surface area (Å²) in [6, 6.07) is 36.8. The third-order valence-electron chi connectivity index (χ3n) is 17.4. The first-order valence-corrected chi connectivity index (χ1v) is 36.1. The first-order chi connectivity index (χ1) is 50.2. The molecule has 2 atom stereocenters. The Morgan fingerprint density at radius 2 is 1.01 bits per heavy atom. The van der Waals surface area contributed by atoms with E-state index in [0.29, 0.717) is 100 Å². The minimum absolute atomic E-state index is 0.0608. The molecule has 0 saturated carbocycles. The number of nitrogens with two attached hydrogens (primary N) is 1. The van der Waals surface area contributed by atoms with Gasteiger partial charge in [-0.3, -0.25) is 27.8 Å². The van der Waals surface area contributed by atoms with E-state index in [0.717, 1.165) is 21.1 Å². The number of fused-ring (bicyclic) bond motifs is 12. The second kappa shape index (κ2) is 29.4. The predicted octanol–water partition coefficient (Wildman–Crippen LogP) is 11.3. The van der Waals surface area contributed by atoms with Gasteiger partial charge in [-0.15, -0.1) is 0 Å². The maximum Gasteiger partial charge on any atom is 0.371 e. The van der Waals surface area contributed by atoms with Crippen LogP contribution in [0.25, 0.3) is 112 Å². The molecule has 31 heteroatoms. The number of hydrogen-bond donors (Lipinski definition) is 4. The van der Waals surface area contributed by atoms with Crippen LogP contribution in [0.2, 0.25) is 0 Å². The predicted molar refractivity (Wildman–Crippen MR) is 385 cm³/mol. The van der Waals surface area contributed by atoms with Gasteiger partial charge in [0, 0.05) is 90.7 Å². The number of halogens is 4. The van der Waals surface area contributed by atoms with Gasteiger partial charge in [-0.2, -0.15) is 0 Å². The van der Waals surface area contributed by atoms with Gasteiger partial charge in [-0.05, 0) is 135 Å². The highest BCUT2D eigenvalue weighted by atomic mass is 32.2. The van der Waals surface area contributed by atoms with E-state index < -0.39 is 79.5 Å². The number of nitrogens with zero attached hydrogens (tertiary/aromatic N) is 6. The van der Waals surface area contributed by atoms with E-state index in [-0.39, 0.29) is 84.3 Å². The number of furan rings is 2. The van der Waals surface area contributed by atoms with Crippen molar-refractivity contribution in [2.24, 2.45) is 5.73 Å². The molecular formula is C74H66F4N10O15S2. The van der Waals surface area contributed by atoms with Crippen molar-refractivity contribution in [1.29, 1.82) is 0 Å². The second-order valence-corrected chi connectivity index (χ2v) is 27.9. The number of benzene rings is 6. The lowest BCUT2D eigenvalue weighted by molar-refractivity contribution is -0.148. The zero-order valence-electron chi connectivity index (χ0n) is 57.3. The van der Waals surface area contributed by atoms with Crippen molar-refractivity contribution < 1.29 is 86.2 Å². The first-order valence-electron chi connectivity index (χ1n) is 32.4. The molecule has 0 bridgehead atoms. The number of pyridine rings is 2. The number of esters is 2. The molecule has 0 aliphatic carbocycles. The summed E-state index contributed by atoms with van der Waals surface area (Å²) in [7, 11) is -1.86. The molecule has 12 aromatic rings. The van der Waals surface area contributed by atoms with E-state index in [1.54, 1.807) is 95.8 Å². The van der Waals surface area contributed by atoms with Crippen LogP contribution in [0.3, 0.4) is 0 Å². The molecule has 0 radical (unpaired) electrons. The Hall–Kier alpha value is -11.9. The third kappa shape index (κ3) is 14.1. The molecule has 8 heterocycles. The lowest BCUT2D eigenvalue weighted by atomic mass is 10.0. The van der Waals surface area contributed by atoms with Crippen molar-refractivity contribution in [3.63, 3.8) is 0 Å². The van der Waals surface area contributed by atoms with E-state index in [2.05, 4.69) is 20.7 Å². The van der Waals surface area contributed by atoms with Gasteiger partial charge in [-0.1, -0.05) is 12.1 Å². The van der Waals surface area contributed by atoms with Crippen LogP contribution in [0.15, 0.2) is 154 Å². The van der Waals surface area contributed by atoms with Crippen molar-refractivity contribution in [3.8, 4) is 79.4 Å². The number of ether oxygens (including phenoxy) is 4. The van der Waals surface area contributed by atoms with Crippen LogP contribution in [-0.2, 0) is 43.9 Å². The van der Waals surface area contributed by atoms with Crippen LogP contribution in [0.1, 0.15) is 47.0 Å². The number of aldehydes is 1. The monoisotopic (exact) mass is 1470 g/mol. The number of aromatic nitrogens is 4. The van der Waals surface area contributed by atoms with E-state index in [9.17, 15) is 54.0 Å². The maximum absolute atomic E-state index is 15.2. The number of amides is 2. The fourth-order valence-corrected chi connectivity index (χ4v) is 13.4. The molecule has 0 fully saturated rings. The van der Waals surface area contributed by atoms with Gasteiger partial charge in [0.15, 0.2) is 12.5 Å². The number of sulfonamides is 2. The molecule has 6 aromatic carbocycles. The van der Waals surface area contributed by atoms with Crippen molar-refractivity contribution in [2.75, 3.05) is 82.2 Å². The van der Waals surface area contributed by atoms with Crippen molar-refractivity contribution in [3.05, 3.63) is 180 Å². The number of hydrogen-bond acceptors (Lipinski definition) is 19. The Kier molecular flexibility index (Phi) is 20.4. The zero-order chi connectivity index (χ0) is 75.1. The van der Waals surface area contributed by atoms with Crippen LogP contribution in [0.5, 0.6) is 11.5 Å². The lowest BCUT2D eigenvalue weighted by Gasteiger charge is -2.30. The van der Waals surface area contributed by atoms with Crippen molar-refractivity contribution >= 4 is 105 Å². The number of rotatable bonds is 18. The summed E-state index contributed by atoms with van der Waals surface area (Å²) in [5.41, 5.74) is 12.5. The topological polar surface area (TPSA) is 321 Å². The fraction of sp³-hybridized carbons (Fsp3) is 0.203. The molecule has 25 nitrogen and oxygen atoms in total. The maximum atomic E-state index is 15.2. The minimum atomic E-state index is -3.82. The van der Waals surface area contributed by atoms with Crippen LogP contribution < -0.4 is 39.8 Å². The Balaban J connectivity index is 0.000000182. The average molecular weight is 1480 g/mol. The summed E-state index contributed by atoms with van der Waals surface area (Å²) < 4.78 is 149. The SMILES string of the molecule is CCOC(=O)C=O.CCOC(=O)CNCC1Oc2ccc(-c3cc4c(C(=O)NC)c(-c5ccc(F)cc5)oc4cc3N(C)S(C)(=O)=O)nc2-c2cc3c(F)cccc3n21.CNC(=O)c1c(-c2ccc(F)cc2)oc2cc(N(C)S(C)(=O)=O)c(-c3ccc4c(n3)-c3cc5c(F)cccc5n3C(CN)O4)cc12. The van der Waals surface area contributed by atoms with Crippen molar-refractivity contribution in [1.82, 2.24) is 35.1 Å². The van der Waals surface area contributed by atoms with Gasteiger partial charge >= 0.3 is 11.9 Å². The van der Waals surface area contributed by atoms with E-state index in [1.165, 1.54) is 101 Å². The summed E-state index contributed by atoms with van der Waals surface area (Å²) in [5.74, 6) is -2.81.